The first kappa shape index (κ1) is 21.1. The lowest BCUT2D eigenvalue weighted by atomic mass is 10.0. The third-order valence-corrected chi connectivity index (χ3v) is 4.34. The van der Waals surface area contributed by atoms with Crippen molar-refractivity contribution in [2.24, 2.45) is 0 Å². The van der Waals surface area contributed by atoms with Crippen LogP contribution in [0.5, 0.6) is 5.75 Å². The Morgan fingerprint density at radius 2 is 1.50 bits per heavy atom. The second-order valence-corrected chi connectivity index (χ2v) is 6.27. The fourth-order valence-corrected chi connectivity index (χ4v) is 2.95. The summed E-state index contributed by atoms with van der Waals surface area (Å²) in [6.07, 6.45) is 0. The molecule has 7 nitrogen and oxygen atoms in total. The zero-order chi connectivity index (χ0) is 21.5. The van der Waals surface area contributed by atoms with Gasteiger partial charge in [0.2, 0.25) is 5.89 Å². The number of rotatable bonds is 8. The van der Waals surface area contributed by atoms with Gasteiger partial charge in [0, 0.05) is 11.1 Å². The normalized spacial score (nSPS) is 10.7. The number of benzene rings is 2. The molecule has 30 heavy (non-hydrogen) atoms. The van der Waals surface area contributed by atoms with Crippen molar-refractivity contribution in [3.63, 3.8) is 0 Å². The highest BCUT2D eigenvalue weighted by Crippen LogP contribution is 2.35. The van der Waals surface area contributed by atoms with Gasteiger partial charge in [0.1, 0.15) is 11.4 Å². The van der Waals surface area contributed by atoms with Crippen LogP contribution in [0.2, 0.25) is 0 Å². The van der Waals surface area contributed by atoms with E-state index in [0.717, 1.165) is 0 Å². The highest BCUT2D eigenvalue weighted by molar-refractivity contribution is 6.01. The largest absolute Gasteiger partial charge is 0.497 e. The van der Waals surface area contributed by atoms with Gasteiger partial charge in [-0.3, -0.25) is 9.59 Å². The Balaban J connectivity index is 2.16. The van der Waals surface area contributed by atoms with Gasteiger partial charge in [-0.25, -0.2) is 4.98 Å². The Kier molecular flexibility index (Phi) is 6.85. The molecule has 0 aliphatic rings. The van der Waals surface area contributed by atoms with Crippen molar-refractivity contribution in [3.05, 3.63) is 60.3 Å². The number of esters is 2. The molecule has 0 N–H and O–H groups in total. The van der Waals surface area contributed by atoms with Crippen LogP contribution in [-0.4, -0.2) is 37.2 Å². The lowest BCUT2D eigenvalue weighted by Crippen LogP contribution is -2.27. The smallest absolute Gasteiger partial charge is 0.326 e. The van der Waals surface area contributed by atoms with E-state index in [1.807, 2.05) is 30.3 Å². The summed E-state index contributed by atoms with van der Waals surface area (Å²) in [5, 5.41) is 0. The minimum Gasteiger partial charge on any atom is -0.497 e. The fourth-order valence-electron chi connectivity index (χ4n) is 2.95. The van der Waals surface area contributed by atoms with E-state index in [1.165, 1.54) is 0 Å². The van der Waals surface area contributed by atoms with Gasteiger partial charge in [0.05, 0.1) is 20.3 Å². The van der Waals surface area contributed by atoms with E-state index in [0.29, 0.717) is 22.6 Å². The molecule has 3 aromatic rings. The van der Waals surface area contributed by atoms with Gasteiger partial charge in [-0.05, 0) is 50.2 Å². The Labute approximate surface area is 174 Å². The van der Waals surface area contributed by atoms with E-state index in [1.54, 1.807) is 45.2 Å². The highest BCUT2D eigenvalue weighted by Gasteiger charge is 2.37. The molecule has 7 heteroatoms. The summed E-state index contributed by atoms with van der Waals surface area (Å²) >= 11 is 0. The second kappa shape index (κ2) is 9.73. The van der Waals surface area contributed by atoms with Gasteiger partial charge in [0.15, 0.2) is 11.7 Å². The van der Waals surface area contributed by atoms with E-state index >= 15 is 0 Å². The lowest BCUT2D eigenvalue weighted by Gasteiger charge is -2.13. The molecule has 156 valence electrons. The molecule has 1 heterocycles. The predicted octanol–water partition coefficient (Wildman–Crippen LogP) is 4.23. The van der Waals surface area contributed by atoms with Crippen molar-refractivity contribution in [2.75, 3.05) is 20.3 Å². The number of oxazole rings is 1. The minimum atomic E-state index is -1.36. The van der Waals surface area contributed by atoms with Gasteiger partial charge in [-0.15, -0.1) is 0 Å². The van der Waals surface area contributed by atoms with Crippen molar-refractivity contribution in [1.82, 2.24) is 4.98 Å². The Morgan fingerprint density at radius 1 is 0.900 bits per heavy atom. The number of methoxy groups -OCH3 is 1. The van der Waals surface area contributed by atoms with Crippen molar-refractivity contribution < 1.29 is 28.2 Å². The highest BCUT2D eigenvalue weighted by atomic mass is 16.6. The lowest BCUT2D eigenvalue weighted by molar-refractivity contribution is -0.157. The molecule has 0 radical (unpaired) electrons. The average Bonchev–Trinajstić information content (AvgIpc) is 3.20. The molecule has 0 saturated carbocycles. The second-order valence-electron chi connectivity index (χ2n) is 6.27. The number of nitrogens with zero attached hydrogens (tertiary/aromatic N) is 1. The molecular formula is C23H23NO6. The van der Waals surface area contributed by atoms with Crippen LogP contribution < -0.4 is 4.74 Å². The molecule has 0 aliphatic heterocycles. The predicted molar refractivity (Wildman–Crippen MR) is 110 cm³/mol. The molecule has 2 aromatic carbocycles. The molecule has 0 aliphatic carbocycles. The summed E-state index contributed by atoms with van der Waals surface area (Å²) in [7, 11) is 1.57. The van der Waals surface area contributed by atoms with E-state index in [9.17, 15) is 9.59 Å². The van der Waals surface area contributed by atoms with Crippen LogP contribution in [0.1, 0.15) is 25.5 Å². The average molecular weight is 409 g/mol. The molecule has 0 saturated heterocycles. The summed E-state index contributed by atoms with van der Waals surface area (Å²) in [4.78, 5) is 29.8. The summed E-state index contributed by atoms with van der Waals surface area (Å²) in [5.74, 6) is -1.59. The maximum Gasteiger partial charge on any atom is 0.326 e. The zero-order valence-corrected chi connectivity index (χ0v) is 17.1. The number of ether oxygens (including phenoxy) is 3. The molecule has 0 bridgehead atoms. The molecule has 0 fully saturated rings. The summed E-state index contributed by atoms with van der Waals surface area (Å²) in [5.41, 5.74) is 1.50. The Morgan fingerprint density at radius 3 is 2.03 bits per heavy atom. The third-order valence-electron chi connectivity index (χ3n) is 4.34. The summed E-state index contributed by atoms with van der Waals surface area (Å²) < 4.78 is 21.5. The van der Waals surface area contributed by atoms with Crippen LogP contribution in [0.15, 0.2) is 59.0 Å². The van der Waals surface area contributed by atoms with E-state index < -0.39 is 17.9 Å². The number of carbonyl (C=O) groups is 2. The van der Waals surface area contributed by atoms with Gasteiger partial charge >= 0.3 is 11.9 Å². The van der Waals surface area contributed by atoms with Gasteiger partial charge in [-0.1, -0.05) is 18.2 Å². The van der Waals surface area contributed by atoms with Crippen LogP contribution in [-0.2, 0) is 19.1 Å². The third kappa shape index (κ3) is 4.51. The molecule has 0 unspecified atom stereocenters. The standard InChI is InChI=1S/C23H23NO6/c1-4-28-22(25)18(23(26)29-5-2)19-20(15-11-13-17(27-3)14-12-15)30-21(24-19)16-9-7-6-8-10-16/h6-14,18H,4-5H2,1-3H3. The fraction of sp³-hybridized carbons (Fsp3) is 0.261. The quantitative estimate of drug-likeness (QED) is 0.406. The Hall–Kier alpha value is -3.61. The zero-order valence-electron chi connectivity index (χ0n) is 17.1. The van der Waals surface area contributed by atoms with Crippen LogP contribution in [0.4, 0.5) is 0 Å². The maximum absolute atomic E-state index is 12.7. The van der Waals surface area contributed by atoms with E-state index in [-0.39, 0.29) is 24.8 Å². The Bertz CT molecular complexity index is 976. The maximum atomic E-state index is 12.7. The SMILES string of the molecule is CCOC(=O)C(C(=O)OCC)c1nc(-c2ccccc2)oc1-c1ccc(OC)cc1. The van der Waals surface area contributed by atoms with Crippen LogP contribution in [0, 0.1) is 0 Å². The number of carbonyl (C=O) groups excluding carboxylic acids is 2. The molecule has 1 aromatic heterocycles. The van der Waals surface area contributed by atoms with Crippen molar-refractivity contribution in [1.29, 1.82) is 0 Å². The number of hydrogen-bond acceptors (Lipinski definition) is 7. The summed E-state index contributed by atoms with van der Waals surface area (Å²) in [6.45, 7) is 3.58. The molecule has 3 rings (SSSR count). The van der Waals surface area contributed by atoms with E-state index in [2.05, 4.69) is 4.98 Å². The van der Waals surface area contributed by atoms with Crippen molar-refractivity contribution in [2.45, 2.75) is 19.8 Å². The van der Waals surface area contributed by atoms with Gasteiger partial charge < -0.3 is 18.6 Å². The first-order valence-corrected chi connectivity index (χ1v) is 9.62. The van der Waals surface area contributed by atoms with Crippen molar-refractivity contribution >= 4 is 11.9 Å². The minimum absolute atomic E-state index is 0.121. The molecular weight excluding hydrogens is 386 g/mol. The van der Waals surface area contributed by atoms with Crippen LogP contribution >= 0.6 is 0 Å². The first-order valence-electron chi connectivity index (χ1n) is 9.62. The van der Waals surface area contributed by atoms with Crippen molar-refractivity contribution in [3.8, 4) is 28.5 Å². The molecule has 0 amide bonds. The topological polar surface area (TPSA) is 87.9 Å². The molecule has 0 spiro atoms. The van der Waals surface area contributed by atoms with Crippen LogP contribution in [0.25, 0.3) is 22.8 Å². The molecule has 0 atom stereocenters. The van der Waals surface area contributed by atoms with Gasteiger partial charge in [-0.2, -0.15) is 0 Å². The number of hydrogen-bond donors (Lipinski definition) is 0. The van der Waals surface area contributed by atoms with Crippen LogP contribution in [0.3, 0.4) is 0 Å². The van der Waals surface area contributed by atoms with E-state index in [4.69, 9.17) is 18.6 Å². The number of aromatic nitrogens is 1. The monoisotopic (exact) mass is 409 g/mol. The van der Waals surface area contributed by atoms with Gasteiger partial charge in [0.25, 0.3) is 0 Å². The summed E-state index contributed by atoms with van der Waals surface area (Å²) in [6, 6.07) is 16.3. The first-order chi connectivity index (χ1) is 14.6.